The molecule has 1 aliphatic rings. The lowest BCUT2D eigenvalue weighted by Crippen LogP contribution is -2.44. The smallest absolute Gasteiger partial charge is 0.251 e. The summed E-state index contributed by atoms with van der Waals surface area (Å²) in [7, 11) is 0. The molecule has 6 heteroatoms. The summed E-state index contributed by atoms with van der Waals surface area (Å²) < 4.78 is 0. The molecular formula is C20H29N3O3. The Balaban J connectivity index is 1.62. The quantitative estimate of drug-likeness (QED) is 0.697. The average Bonchev–Trinajstić information content (AvgIpc) is 2.69. The molecular weight excluding hydrogens is 330 g/mol. The van der Waals surface area contributed by atoms with Crippen LogP contribution in [0.25, 0.3) is 0 Å². The predicted molar refractivity (Wildman–Crippen MR) is 101 cm³/mol. The van der Waals surface area contributed by atoms with Gasteiger partial charge in [-0.15, -0.1) is 0 Å². The predicted octanol–water partition coefficient (Wildman–Crippen LogP) is 1.96. The van der Waals surface area contributed by atoms with Gasteiger partial charge in [0, 0.05) is 44.1 Å². The first-order chi connectivity index (χ1) is 12.6. The van der Waals surface area contributed by atoms with E-state index in [0.29, 0.717) is 51.0 Å². The van der Waals surface area contributed by atoms with Crippen LogP contribution in [0.3, 0.4) is 0 Å². The number of nitrogens with one attached hydrogen (secondary N) is 2. The molecule has 0 bridgehead atoms. The molecule has 1 aromatic rings. The zero-order valence-electron chi connectivity index (χ0n) is 15.5. The van der Waals surface area contributed by atoms with E-state index in [9.17, 15) is 14.4 Å². The molecule has 0 saturated carbocycles. The van der Waals surface area contributed by atoms with Gasteiger partial charge >= 0.3 is 0 Å². The summed E-state index contributed by atoms with van der Waals surface area (Å²) in [5.74, 6) is 0.0303. The maximum atomic E-state index is 12.2. The van der Waals surface area contributed by atoms with Crippen LogP contribution in [0.5, 0.6) is 0 Å². The number of nitrogens with zero attached hydrogens (tertiary/aromatic N) is 1. The largest absolute Gasteiger partial charge is 0.354 e. The fraction of sp³-hybridized carbons (Fsp3) is 0.550. The van der Waals surface area contributed by atoms with Crippen LogP contribution >= 0.6 is 0 Å². The summed E-state index contributed by atoms with van der Waals surface area (Å²) >= 11 is 0. The molecule has 0 unspecified atom stereocenters. The highest BCUT2D eigenvalue weighted by Gasteiger charge is 2.26. The number of likely N-dealkylation sites (tertiary alicyclic amines) is 1. The lowest BCUT2D eigenvalue weighted by molar-refractivity contribution is -0.135. The average molecular weight is 359 g/mol. The molecule has 0 radical (unpaired) electrons. The van der Waals surface area contributed by atoms with E-state index in [1.807, 2.05) is 23.1 Å². The van der Waals surface area contributed by atoms with Crippen molar-refractivity contribution in [2.45, 2.75) is 39.0 Å². The topological polar surface area (TPSA) is 78.5 Å². The van der Waals surface area contributed by atoms with Crippen LogP contribution in [0.1, 0.15) is 49.4 Å². The highest BCUT2D eigenvalue weighted by atomic mass is 16.2. The third-order valence-electron chi connectivity index (χ3n) is 4.71. The lowest BCUT2D eigenvalue weighted by Gasteiger charge is -2.31. The van der Waals surface area contributed by atoms with Crippen molar-refractivity contribution < 1.29 is 14.4 Å². The van der Waals surface area contributed by atoms with Gasteiger partial charge in [-0.05, 0) is 31.4 Å². The van der Waals surface area contributed by atoms with E-state index in [4.69, 9.17) is 0 Å². The molecule has 26 heavy (non-hydrogen) atoms. The van der Waals surface area contributed by atoms with Crippen molar-refractivity contribution in [3.05, 3.63) is 35.9 Å². The number of hydrogen-bond donors (Lipinski definition) is 2. The Morgan fingerprint density at radius 2 is 1.69 bits per heavy atom. The molecule has 1 aliphatic heterocycles. The maximum Gasteiger partial charge on any atom is 0.251 e. The van der Waals surface area contributed by atoms with Gasteiger partial charge in [-0.1, -0.05) is 31.5 Å². The first-order valence-corrected chi connectivity index (χ1v) is 9.50. The van der Waals surface area contributed by atoms with Gasteiger partial charge in [0.15, 0.2) is 0 Å². The number of hydrogen-bond acceptors (Lipinski definition) is 3. The third kappa shape index (κ3) is 6.17. The Morgan fingerprint density at radius 1 is 1.04 bits per heavy atom. The number of carbonyl (C=O) groups is 3. The summed E-state index contributed by atoms with van der Waals surface area (Å²) in [6.07, 6.45) is 3.97. The highest BCUT2D eigenvalue weighted by Crippen LogP contribution is 2.18. The minimum Gasteiger partial charge on any atom is -0.354 e. The monoisotopic (exact) mass is 359 g/mol. The SMILES string of the molecule is CCCCC(=O)N1CCC(C(=O)NCCNC(=O)c2ccccc2)CC1. The molecule has 3 amide bonds. The van der Waals surface area contributed by atoms with Crippen molar-refractivity contribution >= 4 is 17.7 Å². The van der Waals surface area contributed by atoms with Gasteiger partial charge in [-0.2, -0.15) is 0 Å². The molecule has 1 saturated heterocycles. The summed E-state index contributed by atoms with van der Waals surface area (Å²) in [6, 6.07) is 9.00. The van der Waals surface area contributed by atoms with Gasteiger partial charge in [0.05, 0.1) is 0 Å². The zero-order chi connectivity index (χ0) is 18.8. The second-order valence-electron chi connectivity index (χ2n) is 6.67. The first kappa shape index (κ1) is 19.9. The molecule has 1 aromatic carbocycles. The fourth-order valence-corrected chi connectivity index (χ4v) is 3.07. The van der Waals surface area contributed by atoms with Crippen molar-refractivity contribution in [2.24, 2.45) is 5.92 Å². The molecule has 0 atom stereocenters. The van der Waals surface area contributed by atoms with E-state index in [1.165, 1.54) is 0 Å². The molecule has 0 aromatic heterocycles. The Hall–Kier alpha value is -2.37. The summed E-state index contributed by atoms with van der Waals surface area (Å²) in [5.41, 5.74) is 0.610. The van der Waals surface area contributed by atoms with Crippen molar-refractivity contribution in [1.82, 2.24) is 15.5 Å². The van der Waals surface area contributed by atoms with Crippen LogP contribution in [-0.2, 0) is 9.59 Å². The minimum absolute atomic E-state index is 0.0135. The van der Waals surface area contributed by atoms with Crippen molar-refractivity contribution in [1.29, 1.82) is 0 Å². The Morgan fingerprint density at radius 3 is 2.35 bits per heavy atom. The number of carbonyl (C=O) groups excluding carboxylic acids is 3. The standard InChI is InChI=1S/C20H29N3O3/c1-2-3-9-18(24)23-14-10-17(11-15-23)20(26)22-13-12-21-19(25)16-7-5-4-6-8-16/h4-8,17H,2-3,9-15H2,1H3,(H,21,25)(H,22,26). The van der Waals surface area contributed by atoms with Crippen LogP contribution in [0.2, 0.25) is 0 Å². The Bertz CT molecular complexity index is 596. The van der Waals surface area contributed by atoms with E-state index < -0.39 is 0 Å². The van der Waals surface area contributed by atoms with Crippen molar-refractivity contribution in [3.8, 4) is 0 Å². The molecule has 142 valence electrons. The van der Waals surface area contributed by atoms with Gasteiger partial charge < -0.3 is 15.5 Å². The van der Waals surface area contributed by atoms with Crippen molar-refractivity contribution in [3.63, 3.8) is 0 Å². The van der Waals surface area contributed by atoms with E-state index in [-0.39, 0.29) is 23.6 Å². The minimum atomic E-state index is -0.140. The lowest BCUT2D eigenvalue weighted by atomic mass is 9.95. The molecule has 1 heterocycles. The van der Waals surface area contributed by atoms with E-state index in [1.54, 1.807) is 12.1 Å². The number of amides is 3. The second-order valence-corrected chi connectivity index (χ2v) is 6.67. The third-order valence-corrected chi connectivity index (χ3v) is 4.71. The van der Waals surface area contributed by atoms with Crippen LogP contribution in [-0.4, -0.2) is 48.8 Å². The Kier molecular flexibility index (Phi) is 8.12. The van der Waals surface area contributed by atoms with Crippen LogP contribution in [0, 0.1) is 5.92 Å². The zero-order valence-corrected chi connectivity index (χ0v) is 15.5. The molecule has 0 spiro atoms. The maximum absolute atomic E-state index is 12.2. The van der Waals surface area contributed by atoms with Crippen LogP contribution < -0.4 is 10.6 Å². The van der Waals surface area contributed by atoms with Gasteiger partial charge in [-0.3, -0.25) is 14.4 Å². The molecule has 2 rings (SSSR count). The molecule has 1 fully saturated rings. The summed E-state index contributed by atoms with van der Waals surface area (Å²) in [4.78, 5) is 38.0. The summed E-state index contributed by atoms with van der Waals surface area (Å²) in [6.45, 7) is 4.20. The second kappa shape index (κ2) is 10.6. The number of rotatable bonds is 8. The van der Waals surface area contributed by atoms with Crippen molar-refractivity contribution in [2.75, 3.05) is 26.2 Å². The van der Waals surface area contributed by atoms with Gasteiger partial charge in [0.2, 0.25) is 11.8 Å². The van der Waals surface area contributed by atoms with E-state index >= 15 is 0 Å². The van der Waals surface area contributed by atoms with E-state index in [2.05, 4.69) is 17.6 Å². The van der Waals surface area contributed by atoms with Gasteiger partial charge in [0.1, 0.15) is 0 Å². The molecule has 0 aliphatic carbocycles. The first-order valence-electron chi connectivity index (χ1n) is 9.50. The van der Waals surface area contributed by atoms with E-state index in [0.717, 1.165) is 12.8 Å². The number of benzene rings is 1. The van der Waals surface area contributed by atoms with Crippen LogP contribution in [0.15, 0.2) is 30.3 Å². The number of piperidine rings is 1. The fourth-order valence-electron chi connectivity index (χ4n) is 3.07. The Labute approximate surface area is 155 Å². The highest BCUT2D eigenvalue weighted by molar-refractivity contribution is 5.94. The number of unbranched alkanes of at least 4 members (excludes halogenated alkanes) is 1. The van der Waals surface area contributed by atoms with Crippen LogP contribution in [0.4, 0.5) is 0 Å². The molecule has 2 N–H and O–H groups in total. The van der Waals surface area contributed by atoms with Gasteiger partial charge in [0.25, 0.3) is 5.91 Å². The summed E-state index contributed by atoms with van der Waals surface area (Å²) in [5, 5.41) is 5.67. The molecule has 6 nitrogen and oxygen atoms in total. The normalized spacial score (nSPS) is 14.7. The van der Waals surface area contributed by atoms with Gasteiger partial charge in [-0.25, -0.2) is 0 Å².